The molecule has 96 valence electrons. The van der Waals surface area contributed by atoms with Crippen LogP contribution in [0, 0.1) is 42.2 Å². The minimum atomic E-state index is -0.426. The van der Waals surface area contributed by atoms with Gasteiger partial charge in [-0.3, -0.25) is 10.1 Å². The van der Waals surface area contributed by atoms with E-state index in [1.54, 1.807) is 32.0 Å². The molecular formula is C13H12N4O2. The summed E-state index contributed by atoms with van der Waals surface area (Å²) >= 11 is 0. The summed E-state index contributed by atoms with van der Waals surface area (Å²) in [4.78, 5) is 10.5. The van der Waals surface area contributed by atoms with Gasteiger partial charge in [-0.2, -0.15) is 10.4 Å². The van der Waals surface area contributed by atoms with Crippen LogP contribution in [0.2, 0.25) is 0 Å². The molecular weight excluding hydrogens is 244 g/mol. The predicted octanol–water partition coefficient (Wildman–Crippen LogP) is 2.58. The number of nitro groups is 1. The van der Waals surface area contributed by atoms with E-state index in [1.165, 1.54) is 4.68 Å². The number of hydrogen-bond donors (Lipinski definition) is 0. The Bertz CT molecular complexity index is 710. The second-order valence-electron chi connectivity index (χ2n) is 4.30. The van der Waals surface area contributed by atoms with Gasteiger partial charge in [-0.15, -0.1) is 0 Å². The van der Waals surface area contributed by atoms with Crippen LogP contribution in [0.15, 0.2) is 18.2 Å². The van der Waals surface area contributed by atoms with Crippen LogP contribution in [0.5, 0.6) is 0 Å². The Labute approximate surface area is 110 Å². The third-order valence-corrected chi connectivity index (χ3v) is 3.01. The number of benzene rings is 1. The van der Waals surface area contributed by atoms with E-state index in [1.807, 2.05) is 6.92 Å². The molecule has 6 nitrogen and oxygen atoms in total. The fourth-order valence-electron chi connectivity index (χ4n) is 2.06. The highest BCUT2D eigenvalue weighted by atomic mass is 16.6. The van der Waals surface area contributed by atoms with E-state index in [2.05, 4.69) is 11.2 Å². The minimum absolute atomic E-state index is 0.0296. The molecule has 0 unspecified atom stereocenters. The lowest BCUT2D eigenvalue weighted by Crippen LogP contribution is -2.00. The molecule has 0 amide bonds. The molecule has 0 aliphatic carbocycles. The van der Waals surface area contributed by atoms with Crippen molar-refractivity contribution in [3.8, 4) is 11.8 Å². The standard InChI is InChI=1S/C13H12N4O2/c1-8-6-12(5-4-11(8)7-14)16-10(3)13(17(18)19)9(2)15-16/h4-6H,1-3H3. The summed E-state index contributed by atoms with van der Waals surface area (Å²) in [5, 5.41) is 24.0. The minimum Gasteiger partial charge on any atom is -0.258 e. The van der Waals surface area contributed by atoms with Crippen LogP contribution in [0.1, 0.15) is 22.5 Å². The highest BCUT2D eigenvalue weighted by Gasteiger charge is 2.22. The van der Waals surface area contributed by atoms with Crippen LogP contribution in [0.25, 0.3) is 5.69 Å². The first-order valence-electron chi connectivity index (χ1n) is 5.67. The van der Waals surface area contributed by atoms with Gasteiger partial charge in [0.25, 0.3) is 0 Å². The molecule has 0 spiro atoms. The Morgan fingerprint density at radius 2 is 2.05 bits per heavy atom. The molecule has 0 aliphatic heterocycles. The van der Waals surface area contributed by atoms with Crippen LogP contribution < -0.4 is 0 Å². The van der Waals surface area contributed by atoms with Crippen LogP contribution in [-0.2, 0) is 0 Å². The number of rotatable bonds is 2. The van der Waals surface area contributed by atoms with Crippen molar-refractivity contribution in [3.63, 3.8) is 0 Å². The first-order valence-corrected chi connectivity index (χ1v) is 5.67. The molecule has 0 saturated carbocycles. The van der Waals surface area contributed by atoms with Crippen molar-refractivity contribution in [3.05, 3.63) is 50.8 Å². The summed E-state index contributed by atoms with van der Waals surface area (Å²) in [7, 11) is 0. The molecule has 0 saturated heterocycles. The van der Waals surface area contributed by atoms with E-state index < -0.39 is 4.92 Å². The lowest BCUT2D eigenvalue weighted by atomic mass is 10.1. The summed E-state index contributed by atoms with van der Waals surface area (Å²) in [5.74, 6) is 0. The topological polar surface area (TPSA) is 84.8 Å². The summed E-state index contributed by atoms with van der Waals surface area (Å²) in [6, 6.07) is 7.30. The van der Waals surface area contributed by atoms with Crippen LogP contribution in [0.4, 0.5) is 5.69 Å². The van der Waals surface area contributed by atoms with Crippen molar-refractivity contribution >= 4 is 5.69 Å². The Morgan fingerprint density at radius 3 is 2.53 bits per heavy atom. The quantitative estimate of drug-likeness (QED) is 0.610. The van der Waals surface area contributed by atoms with Crippen LogP contribution in [0.3, 0.4) is 0 Å². The molecule has 0 fully saturated rings. The summed E-state index contributed by atoms with van der Waals surface area (Å²) in [5.41, 5.74) is 3.00. The number of hydrogen-bond acceptors (Lipinski definition) is 4. The van der Waals surface area contributed by atoms with Crippen molar-refractivity contribution in [1.82, 2.24) is 9.78 Å². The molecule has 0 bridgehead atoms. The Morgan fingerprint density at radius 1 is 1.37 bits per heavy atom. The molecule has 19 heavy (non-hydrogen) atoms. The number of nitriles is 1. The number of aromatic nitrogens is 2. The van der Waals surface area contributed by atoms with Crippen molar-refractivity contribution in [1.29, 1.82) is 5.26 Å². The van der Waals surface area contributed by atoms with Crippen molar-refractivity contribution in [2.24, 2.45) is 0 Å². The average Bonchev–Trinajstić information content (AvgIpc) is 2.64. The SMILES string of the molecule is Cc1cc(-n2nc(C)c([N+](=O)[O-])c2C)ccc1C#N. The number of aryl methyl sites for hydroxylation is 2. The monoisotopic (exact) mass is 256 g/mol. The summed E-state index contributed by atoms with van der Waals surface area (Å²) in [6.07, 6.45) is 0. The molecule has 0 radical (unpaired) electrons. The van der Waals surface area contributed by atoms with Gasteiger partial charge in [0.15, 0.2) is 0 Å². The second kappa shape index (κ2) is 4.53. The van der Waals surface area contributed by atoms with Crippen molar-refractivity contribution in [2.45, 2.75) is 20.8 Å². The molecule has 2 aromatic rings. The Kier molecular flexibility index (Phi) is 3.05. The fourth-order valence-corrected chi connectivity index (χ4v) is 2.06. The van der Waals surface area contributed by atoms with E-state index >= 15 is 0 Å². The van der Waals surface area contributed by atoms with Gasteiger partial charge in [-0.25, -0.2) is 4.68 Å². The van der Waals surface area contributed by atoms with E-state index in [9.17, 15) is 10.1 Å². The molecule has 0 aliphatic rings. The first kappa shape index (κ1) is 12.8. The van der Waals surface area contributed by atoms with Gasteiger partial charge in [0, 0.05) is 0 Å². The maximum absolute atomic E-state index is 11.0. The zero-order chi connectivity index (χ0) is 14.2. The van der Waals surface area contributed by atoms with E-state index in [4.69, 9.17) is 5.26 Å². The lowest BCUT2D eigenvalue weighted by molar-refractivity contribution is -0.386. The largest absolute Gasteiger partial charge is 0.313 e. The van der Waals surface area contributed by atoms with E-state index in [0.717, 1.165) is 5.56 Å². The second-order valence-corrected chi connectivity index (χ2v) is 4.30. The smallest absolute Gasteiger partial charge is 0.258 e. The van der Waals surface area contributed by atoms with Gasteiger partial charge in [0.2, 0.25) is 0 Å². The van der Waals surface area contributed by atoms with E-state index in [0.29, 0.717) is 22.6 Å². The van der Waals surface area contributed by atoms with Gasteiger partial charge in [-0.1, -0.05) is 0 Å². The van der Waals surface area contributed by atoms with Gasteiger partial charge in [0.05, 0.1) is 22.2 Å². The van der Waals surface area contributed by atoms with Crippen LogP contribution in [-0.4, -0.2) is 14.7 Å². The molecule has 1 aromatic heterocycles. The highest BCUT2D eigenvalue weighted by Crippen LogP contribution is 2.25. The molecule has 2 rings (SSSR count). The van der Waals surface area contributed by atoms with Gasteiger partial charge in [-0.05, 0) is 44.5 Å². The molecule has 1 heterocycles. The third kappa shape index (κ3) is 2.06. The Balaban J connectivity index is 2.61. The number of nitrogens with zero attached hydrogens (tertiary/aromatic N) is 4. The van der Waals surface area contributed by atoms with Gasteiger partial charge < -0.3 is 0 Å². The normalized spacial score (nSPS) is 10.2. The molecule has 6 heteroatoms. The van der Waals surface area contributed by atoms with Gasteiger partial charge in [0.1, 0.15) is 11.4 Å². The van der Waals surface area contributed by atoms with E-state index in [-0.39, 0.29) is 5.69 Å². The zero-order valence-electron chi connectivity index (χ0n) is 10.8. The molecule has 1 aromatic carbocycles. The fraction of sp³-hybridized carbons (Fsp3) is 0.231. The molecule has 0 atom stereocenters. The van der Waals surface area contributed by atoms with Gasteiger partial charge >= 0.3 is 5.69 Å². The average molecular weight is 256 g/mol. The Hall–Kier alpha value is -2.68. The maximum atomic E-state index is 11.0. The highest BCUT2D eigenvalue weighted by molar-refractivity contribution is 5.49. The van der Waals surface area contributed by atoms with Crippen LogP contribution >= 0.6 is 0 Å². The lowest BCUT2D eigenvalue weighted by Gasteiger charge is -2.05. The van der Waals surface area contributed by atoms with Crippen molar-refractivity contribution in [2.75, 3.05) is 0 Å². The third-order valence-electron chi connectivity index (χ3n) is 3.01. The van der Waals surface area contributed by atoms with Crippen molar-refractivity contribution < 1.29 is 4.92 Å². The zero-order valence-corrected chi connectivity index (χ0v) is 10.8. The molecule has 0 N–H and O–H groups in total. The predicted molar refractivity (Wildman–Crippen MR) is 69.1 cm³/mol. The first-order chi connectivity index (χ1) is 8.95. The summed E-state index contributed by atoms with van der Waals surface area (Å²) < 4.78 is 1.53. The maximum Gasteiger partial charge on any atom is 0.313 e. The summed E-state index contributed by atoms with van der Waals surface area (Å²) in [6.45, 7) is 5.09.